The van der Waals surface area contributed by atoms with Gasteiger partial charge in [-0.3, -0.25) is 4.79 Å². The van der Waals surface area contributed by atoms with Gasteiger partial charge in [-0.25, -0.2) is 0 Å². The van der Waals surface area contributed by atoms with Gasteiger partial charge in [0.25, 0.3) is 0 Å². The summed E-state index contributed by atoms with van der Waals surface area (Å²) >= 11 is 0. The lowest BCUT2D eigenvalue weighted by Crippen LogP contribution is -2.24. The van der Waals surface area contributed by atoms with Crippen LogP contribution in [0.3, 0.4) is 0 Å². The second-order valence-electron chi connectivity index (χ2n) is 5.95. The molecule has 2 nitrogen and oxygen atoms in total. The number of ether oxygens (including phenoxy) is 1. The first-order valence-electron chi connectivity index (χ1n) is 7.30. The van der Waals surface area contributed by atoms with Gasteiger partial charge in [0.05, 0.1) is 7.11 Å². The Morgan fingerprint density at radius 1 is 1.21 bits per heavy atom. The zero-order valence-electron chi connectivity index (χ0n) is 12.2. The van der Waals surface area contributed by atoms with Crippen molar-refractivity contribution < 1.29 is 9.53 Å². The third-order valence-electron chi connectivity index (χ3n) is 4.44. The molecule has 0 atom stereocenters. The molecule has 19 heavy (non-hydrogen) atoms. The average Bonchev–Trinajstić information content (AvgIpc) is 2.46. The smallest absolute Gasteiger partial charge is 0.166 e. The summed E-state index contributed by atoms with van der Waals surface area (Å²) in [6, 6.07) is 7.54. The van der Waals surface area contributed by atoms with Crippen LogP contribution in [0.15, 0.2) is 24.3 Å². The number of carbonyl (C=O) groups excluding carboxylic acids is 1. The van der Waals surface area contributed by atoms with E-state index in [1.54, 1.807) is 7.11 Å². The van der Waals surface area contributed by atoms with Gasteiger partial charge in [0.15, 0.2) is 5.78 Å². The van der Waals surface area contributed by atoms with Crippen LogP contribution in [0.5, 0.6) is 5.75 Å². The van der Waals surface area contributed by atoms with Gasteiger partial charge in [-0.15, -0.1) is 0 Å². The van der Waals surface area contributed by atoms with Gasteiger partial charge in [0, 0.05) is 11.5 Å². The van der Waals surface area contributed by atoms with Crippen LogP contribution in [-0.4, -0.2) is 12.9 Å². The van der Waals surface area contributed by atoms with Crippen LogP contribution in [0.1, 0.15) is 49.9 Å². The minimum atomic E-state index is 0.210. The summed E-state index contributed by atoms with van der Waals surface area (Å²) in [6.07, 6.45) is 4.47. The minimum Gasteiger partial charge on any atom is -0.497 e. The number of ketones is 1. The van der Waals surface area contributed by atoms with Crippen LogP contribution < -0.4 is 4.74 Å². The zero-order valence-corrected chi connectivity index (χ0v) is 12.2. The number of hydrogen-bond acceptors (Lipinski definition) is 2. The van der Waals surface area contributed by atoms with E-state index in [2.05, 4.69) is 13.8 Å². The summed E-state index contributed by atoms with van der Waals surface area (Å²) in [5.41, 5.74) is 0.798. The van der Waals surface area contributed by atoms with E-state index >= 15 is 0 Å². The first-order chi connectivity index (χ1) is 9.11. The molecule has 2 heteroatoms. The molecule has 1 aliphatic rings. The van der Waals surface area contributed by atoms with E-state index < -0.39 is 0 Å². The topological polar surface area (TPSA) is 26.3 Å². The molecule has 0 spiro atoms. The molecule has 0 heterocycles. The molecule has 1 saturated carbocycles. The highest BCUT2D eigenvalue weighted by atomic mass is 16.5. The Balaban J connectivity index is 2.01. The van der Waals surface area contributed by atoms with Gasteiger partial charge in [-0.05, 0) is 49.7 Å². The summed E-state index contributed by atoms with van der Waals surface area (Å²) < 4.78 is 5.19. The van der Waals surface area contributed by atoms with Crippen molar-refractivity contribution in [3.8, 4) is 5.75 Å². The highest BCUT2D eigenvalue weighted by Gasteiger charge is 2.28. The van der Waals surface area contributed by atoms with Crippen LogP contribution >= 0.6 is 0 Å². The van der Waals surface area contributed by atoms with E-state index in [0.717, 1.165) is 36.0 Å². The largest absolute Gasteiger partial charge is 0.497 e. The maximum Gasteiger partial charge on any atom is 0.166 e. The summed E-state index contributed by atoms with van der Waals surface area (Å²) in [7, 11) is 1.64. The third-order valence-corrected chi connectivity index (χ3v) is 4.44. The highest BCUT2D eigenvalue weighted by molar-refractivity contribution is 5.98. The lowest BCUT2D eigenvalue weighted by Gasteiger charge is -2.30. The molecule has 1 aliphatic carbocycles. The summed E-state index contributed by atoms with van der Waals surface area (Å²) in [5, 5.41) is 0. The molecule has 104 valence electrons. The molecule has 1 aromatic rings. The van der Waals surface area contributed by atoms with Crippen molar-refractivity contribution in [3.05, 3.63) is 29.8 Å². The monoisotopic (exact) mass is 260 g/mol. The van der Waals surface area contributed by atoms with Crippen LogP contribution in [0.4, 0.5) is 0 Å². The molecule has 0 radical (unpaired) electrons. The van der Waals surface area contributed by atoms with Crippen molar-refractivity contribution in [2.75, 3.05) is 7.11 Å². The van der Waals surface area contributed by atoms with E-state index in [0.29, 0.717) is 5.78 Å². The van der Waals surface area contributed by atoms with E-state index in [1.807, 2.05) is 24.3 Å². The number of rotatable bonds is 4. The standard InChI is InChI=1S/C17H24O2/c1-12(2)13-7-9-14(10-8-13)17(18)15-5-4-6-16(11-15)19-3/h4-6,11-14H,7-10H2,1-3H3. The Morgan fingerprint density at radius 3 is 2.47 bits per heavy atom. The molecular formula is C17H24O2. The molecular weight excluding hydrogens is 236 g/mol. The quantitative estimate of drug-likeness (QED) is 0.753. The molecule has 0 N–H and O–H groups in total. The molecule has 0 saturated heterocycles. The fraction of sp³-hybridized carbons (Fsp3) is 0.588. The van der Waals surface area contributed by atoms with Crippen molar-refractivity contribution >= 4 is 5.78 Å². The van der Waals surface area contributed by atoms with Crippen LogP contribution in [-0.2, 0) is 0 Å². The molecule has 0 aromatic heterocycles. The van der Waals surface area contributed by atoms with Crippen LogP contribution in [0, 0.1) is 17.8 Å². The predicted octanol–water partition coefficient (Wildman–Crippen LogP) is 4.34. The number of hydrogen-bond donors (Lipinski definition) is 0. The van der Waals surface area contributed by atoms with E-state index in [1.165, 1.54) is 12.8 Å². The second kappa shape index (κ2) is 6.23. The molecule has 0 bridgehead atoms. The Morgan fingerprint density at radius 2 is 1.89 bits per heavy atom. The molecule has 1 aromatic carbocycles. The Bertz CT molecular complexity index is 429. The van der Waals surface area contributed by atoms with Gasteiger partial charge >= 0.3 is 0 Å². The van der Waals surface area contributed by atoms with E-state index in [4.69, 9.17) is 4.74 Å². The molecule has 0 amide bonds. The number of carbonyl (C=O) groups is 1. The van der Waals surface area contributed by atoms with Gasteiger partial charge in [0.2, 0.25) is 0 Å². The summed E-state index contributed by atoms with van der Waals surface area (Å²) in [5.74, 6) is 2.81. The summed E-state index contributed by atoms with van der Waals surface area (Å²) in [4.78, 5) is 12.5. The van der Waals surface area contributed by atoms with Crippen molar-refractivity contribution in [2.45, 2.75) is 39.5 Å². The van der Waals surface area contributed by atoms with Gasteiger partial charge in [-0.2, -0.15) is 0 Å². The normalized spacial score (nSPS) is 23.4. The van der Waals surface area contributed by atoms with Gasteiger partial charge in [-0.1, -0.05) is 26.0 Å². The highest BCUT2D eigenvalue weighted by Crippen LogP contribution is 2.35. The Kier molecular flexibility index (Phi) is 4.62. The van der Waals surface area contributed by atoms with Crippen molar-refractivity contribution in [1.29, 1.82) is 0 Å². The fourth-order valence-corrected chi connectivity index (χ4v) is 3.06. The van der Waals surface area contributed by atoms with Gasteiger partial charge < -0.3 is 4.74 Å². The van der Waals surface area contributed by atoms with Crippen LogP contribution in [0.2, 0.25) is 0 Å². The first-order valence-corrected chi connectivity index (χ1v) is 7.30. The maximum absolute atomic E-state index is 12.5. The lowest BCUT2D eigenvalue weighted by molar-refractivity contribution is 0.0858. The number of Topliss-reactive ketones (excluding diaryl/α,β-unsaturated/α-hetero) is 1. The molecule has 1 fully saturated rings. The fourth-order valence-electron chi connectivity index (χ4n) is 3.06. The van der Waals surface area contributed by atoms with Crippen molar-refractivity contribution in [3.63, 3.8) is 0 Å². The van der Waals surface area contributed by atoms with Crippen LogP contribution in [0.25, 0.3) is 0 Å². The SMILES string of the molecule is COc1cccc(C(=O)C2CCC(C(C)C)CC2)c1. The summed E-state index contributed by atoms with van der Waals surface area (Å²) in [6.45, 7) is 4.57. The minimum absolute atomic E-state index is 0.210. The Labute approximate surface area is 116 Å². The second-order valence-corrected chi connectivity index (χ2v) is 5.95. The Hall–Kier alpha value is -1.31. The van der Waals surface area contributed by atoms with Crippen molar-refractivity contribution in [2.24, 2.45) is 17.8 Å². The molecule has 0 aliphatic heterocycles. The first kappa shape index (κ1) is 14.1. The third kappa shape index (κ3) is 3.37. The number of benzene rings is 1. The predicted molar refractivity (Wildman–Crippen MR) is 77.6 cm³/mol. The maximum atomic E-state index is 12.5. The lowest BCUT2D eigenvalue weighted by atomic mass is 9.75. The van der Waals surface area contributed by atoms with E-state index in [9.17, 15) is 4.79 Å². The van der Waals surface area contributed by atoms with E-state index in [-0.39, 0.29) is 5.92 Å². The number of methoxy groups -OCH3 is 1. The molecule has 2 rings (SSSR count). The average molecular weight is 260 g/mol. The molecule has 0 unspecified atom stereocenters. The zero-order chi connectivity index (χ0) is 13.8. The van der Waals surface area contributed by atoms with Gasteiger partial charge in [0.1, 0.15) is 5.75 Å². The van der Waals surface area contributed by atoms with Crippen molar-refractivity contribution in [1.82, 2.24) is 0 Å².